The van der Waals surface area contributed by atoms with Crippen molar-refractivity contribution in [2.75, 3.05) is 12.4 Å². The minimum absolute atomic E-state index is 0.123. The largest absolute Gasteiger partial charge is 0.465 e. The van der Waals surface area contributed by atoms with Gasteiger partial charge in [-0.25, -0.2) is 4.79 Å². The number of furan rings is 1. The SMILES string of the molecule is CN1/C(=C\c2ccco2)C(=O)N/C1=N/C(=O)Nc1cccc(Cl)c1. The van der Waals surface area contributed by atoms with Crippen LogP contribution in [-0.4, -0.2) is 29.8 Å². The molecule has 2 N–H and O–H groups in total. The van der Waals surface area contributed by atoms with Crippen LogP contribution in [0.1, 0.15) is 5.76 Å². The maximum Gasteiger partial charge on any atom is 0.348 e. The Morgan fingerprint density at radius 1 is 1.38 bits per heavy atom. The summed E-state index contributed by atoms with van der Waals surface area (Å²) < 4.78 is 5.18. The summed E-state index contributed by atoms with van der Waals surface area (Å²) >= 11 is 5.86. The molecule has 0 atom stereocenters. The number of carbonyl (C=O) groups is 2. The Hall–Kier alpha value is -3.06. The number of aliphatic imine (C=N–C) groups is 1. The van der Waals surface area contributed by atoms with Gasteiger partial charge >= 0.3 is 6.03 Å². The van der Waals surface area contributed by atoms with Gasteiger partial charge in [-0.1, -0.05) is 17.7 Å². The van der Waals surface area contributed by atoms with Gasteiger partial charge in [-0.2, -0.15) is 4.99 Å². The van der Waals surface area contributed by atoms with Crippen LogP contribution >= 0.6 is 11.6 Å². The Morgan fingerprint density at radius 2 is 2.21 bits per heavy atom. The molecular formula is C16H13ClN4O3. The summed E-state index contributed by atoms with van der Waals surface area (Å²) in [7, 11) is 1.62. The molecular weight excluding hydrogens is 332 g/mol. The second-order valence-electron chi connectivity index (χ2n) is 4.93. The molecule has 0 saturated carbocycles. The number of likely N-dealkylation sites (N-methyl/N-ethyl adjacent to an activating group) is 1. The molecule has 1 fully saturated rings. The number of carbonyl (C=O) groups excluding carboxylic acids is 2. The lowest BCUT2D eigenvalue weighted by atomic mass is 10.3. The summed E-state index contributed by atoms with van der Waals surface area (Å²) in [6, 6.07) is 9.49. The van der Waals surface area contributed by atoms with Crippen molar-refractivity contribution in [2.45, 2.75) is 0 Å². The summed E-state index contributed by atoms with van der Waals surface area (Å²) in [6.07, 6.45) is 3.07. The third kappa shape index (κ3) is 3.47. The molecule has 0 unspecified atom stereocenters. The number of anilines is 1. The fourth-order valence-corrected chi connectivity index (χ4v) is 2.29. The van der Waals surface area contributed by atoms with Crippen LogP contribution in [0.3, 0.4) is 0 Å². The fraction of sp³-hybridized carbons (Fsp3) is 0.0625. The van der Waals surface area contributed by atoms with Gasteiger partial charge in [0.2, 0.25) is 5.96 Å². The van der Waals surface area contributed by atoms with E-state index in [2.05, 4.69) is 15.6 Å². The first-order valence-electron chi connectivity index (χ1n) is 6.98. The molecule has 122 valence electrons. The van der Waals surface area contributed by atoms with Crippen LogP contribution in [0.2, 0.25) is 5.02 Å². The monoisotopic (exact) mass is 344 g/mol. The molecule has 1 aliphatic rings. The molecule has 1 aromatic carbocycles. The van der Waals surface area contributed by atoms with Crippen molar-refractivity contribution < 1.29 is 14.0 Å². The van der Waals surface area contributed by atoms with Gasteiger partial charge in [0, 0.05) is 23.8 Å². The number of urea groups is 1. The average Bonchev–Trinajstić information content (AvgIpc) is 3.12. The third-order valence-corrected chi connectivity index (χ3v) is 3.48. The Labute approximate surface area is 142 Å². The zero-order valence-electron chi connectivity index (χ0n) is 12.6. The van der Waals surface area contributed by atoms with Crippen LogP contribution in [0, 0.1) is 0 Å². The van der Waals surface area contributed by atoms with Crippen LogP contribution in [0.25, 0.3) is 6.08 Å². The van der Waals surface area contributed by atoms with Gasteiger partial charge < -0.3 is 14.6 Å². The van der Waals surface area contributed by atoms with Gasteiger partial charge in [0.05, 0.1) is 6.26 Å². The topological polar surface area (TPSA) is 86.9 Å². The Balaban J connectivity index is 1.76. The van der Waals surface area contributed by atoms with Crippen molar-refractivity contribution in [1.29, 1.82) is 0 Å². The highest BCUT2D eigenvalue weighted by atomic mass is 35.5. The number of hydrogen-bond acceptors (Lipinski definition) is 3. The molecule has 1 saturated heterocycles. The molecule has 8 heteroatoms. The number of nitrogens with one attached hydrogen (secondary N) is 2. The second kappa shape index (κ2) is 6.59. The van der Waals surface area contributed by atoms with E-state index in [-0.39, 0.29) is 11.9 Å². The molecule has 2 heterocycles. The van der Waals surface area contributed by atoms with Gasteiger partial charge in [0.25, 0.3) is 5.91 Å². The van der Waals surface area contributed by atoms with Crippen molar-refractivity contribution in [3.8, 4) is 0 Å². The highest BCUT2D eigenvalue weighted by Crippen LogP contribution is 2.17. The number of rotatable bonds is 2. The van der Waals surface area contributed by atoms with E-state index in [1.807, 2.05) is 0 Å². The normalized spacial score (nSPS) is 17.4. The van der Waals surface area contributed by atoms with E-state index in [1.165, 1.54) is 11.2 Å². The van der Waals surface area contributed by atoms with E-state index >= 15 is 0 Å². The van der Waals surface area contributed by atoms with Crippen LogP contribution in [-0.2, 0) is 4.79 Å². The van der Waals surface area contributed by atoms with Crippen molar-refractivity contribution >= 4 is 41.3 Å². The number of halogens is 1. The molecule has 3 amide bonds. The zero-order valence-corrected chi connectivity index (χ0v) is 13.4. The van der Waals surface area contributed by atoms with Gasteiger partial charge in [-0.05, 0) is 30.3 Å². The Kier molecular flexibility index (Phi) is 4.35. The maximum absolute atomic E-state index is 12.0. The smallest absolute Gasteiger partial charge is 0.348 e. The van der Waals surface area contributed by atoms with E-state index in [0.717, 1.165) is 0 Å². The number of nitrogens with zero attached hydrogens (tertiary/aromatic N) is 2. The first-order chi connectivity index (χ1) is 11.5. The third-order valence-electron chi connectivity index (χ3n) is 3.24. The lowest BCUT2D eigenvalue weighted by Crippen LogP contribution is -2.29. The second-order valence-corrected chi connectivity index (χ2v) is 5.37. The molecule has 24 heavy (non-hydrogen) atoms. The quantitative estimate of drug-likeness (QED) is 0.820. The number of hydrogen-bond donors (Lipinski definition) is 2. The van der Waals surface area contributed by atoms with Gasteiger partial charge in [-0.3, -0.25) is 10.1 Å². The number of guanidine groups is 1. The average molecular weight is 345 g/mol. The Morgan fingerprint density at radius 3 is 2.92 bits per heavy atom. The van der Waals surface area contributed by atoms with Crippen LogP contribution < -0.4 is 10.6 Å². The van der Waals surface area contributed by atoms with Crippen LogP contribution in [0.15, 0.2) is 57.8 Å². The minimum atomic E-state index is -0.626. The summed E-state index contributed by atoms with van der Waals surface area (Å²) in [5.41, 5.74) is 0.828. The van der Waals surface area contributed by atoms with Crippen molar-refractivity contribution in [3.63, 3.8) is 0 Å². The number of amides is 3. The molecule has 3 rings (SSSR count). The minimum Gasteiger partial charge on any atom is -0.465 e. The van der Waals surface area contributed by atoms with E-state index < -0.39 is 6.03 Å². The highest BCUT2D eigenvalue weighted by Gasteiger charge is 2.29. The standard InChI is InChI=1S/C16H13ClN4O3/c1-21-13(9-12-6-3-7-24-12)14(22)19-15(21)20-16(23)18-11-5-2-4-10(17)8-11/h2-9H,1H3,(H2,18,19,20,22,23)/b13-9-. The Bertz CT molecular complexity index is 843. The van der Waals surface area contributed by atoms with E-state index in [1.54, 1.807) is 49.5 Å². The molecule has 0 spiro atoms. The predicted molar refractivity (Wildman–Crippen MR) is 90.5 cm³/mol. The summed E-state index contributed by atoms with van der Waals surface area (Å²) in [6.45, 7) is 0. The zero-order chi connectivity index (χ0) is 17.1. The van der Waals surface area contributed by atoms with Crippen molar-refractivity contribution in [3.05, 3.63) is 59.1 Å². The van der Waals surface area contributed by atoms with Gasteiger partial charge in [0.15, 0.2) is 0 Å². The van der Waals surface area contributed by atoms with Gasteiger partial charge in [-0.15, -0.1) is 0 Å². The molecule has 2 aromatic rings. The predicted octanol–water partition coefficient (Wildman–Crippen LogP) is 2.92. The van der Waals surface area contributed by atoms with E-state index in [0.29, 0.717) is 22.2 Å². The molecule has 0 aliphatic carbocycles. The summed E-state index contributed by atoms with van der Waals surface area (Å²) in [5.74, 6) is 0.275. The molecule has 7 nitrogen and oxygen atoms in total. The highest BCUT2D eigenvalue weighted by molar-refractivity contribution is 6.30. The van der Waals surface area contributed by atoms with Crippen LogP contribution in [0.5, 0.6) is 0 Å². The molecule has 1 aromatic heterocycles. The molecule has 1 aliphatic heterocycles. The maximum atomic E-state index is 12.0. The van der Waals surface area contributed by atoms with E-state index in [9.17, 15) is 9.59 Å². The number of benzene rings is 1. The van der Waals surface area contributed by atoms with Gasteiger partial charge in [0.1, 0.15) is 11.5 Å². The first kappa shape index (κ1) is 15.8. The lowest BCUT2D eigenvalue weighted by molar-refractivity contribution is -0.115. The van der Waals surface area contributed by atoms with E-state index in [4.69, 9.17) is 16.0 Å². The van der Waals surface area contributed by atoms with Crippen LogP contribution in [0.4, 0.5) is 10.5 Å². The molecule has 0 bridgehead atoms. The summed E-state index contributed by atoms with van der Waals surface area (Å²) in [4.78, 5) is 29.3. The molecule has 0 radical (unpaired) electrons. The summed E-state index contributed by atoms with van der Waals surface area (Å²) in [5, 5.41) is 5.61. The van der Waals surface area contributed by atoms with Crippen molar-refractivity contribution in [1.82, 2.24) is 10.2 Å². The fourth-order valence-electron chi connectivity index (χ4n) is 2.10. The van der Waals surface area contributed by atoms with Crippen molar-refractivity contribution in [2.24, 2.45) is 4.99 Å². The lowest BCUT2D eigenvalue weighted by Gasteiger charge is -2.10. The first-order valence-corrected chi connectivity index (χ1v) is 7.36.